The molecule has 0 aliphatic heterocycles. The number of carbonyl (C=O) groups is 1. The van der Waals surface area contributed by atoms with E-state index >= 15 is 0 Å². The molecule has 0 N–H and O–H groups in total. The Bertz CT molecular complexity index is 412. The first-order valence-corrected chi connectivity index (χ1v) is 5.99. The Morgan fingerprint density at radius 3 is 2.44 bits per heavy atom. The molecule has 0 aromatic heterocycles. The van der Waals surface area contributed by atoms with Crippen LogP contribution in [-0.4, -0.2) is 5.78 Å². The number of hydrogen-bond acceptors (Lipinski definition) is 1. The van der Waals surface area contributed by atoms with Gasteiger partial charge in [-0.25, -0.2) is 0 Å². The molecule has 0 fully saturated rings. The molecule has 1 aliphatic carbocycles. The van der Waals surface area contributed by atoms with Crippen LogP contribution in [0.5, 0.6) is 0 Å². The maximum absolute atomic E-state index is 11.8. The smallest absolute Gasteiger partial charge is 0.133 e. The molecule has 1 aliphatic rings. The number of carbonyl (C=O) groups excluding carboxylic acids is 1. The van der Waals surface area contributed by atoms with Crippen LogP contribution in [0.15, 0.2) is 24.3 Å². The molecule has 2 rings (SSSR count). The van der Waals surface area contributed by atoms with E-state index in [0.29, 0.717) is 11.7 Å². The van der Waals surface area contributed by atoms with E-state index in [2.05, 4.69) is 45.0 Å². The van der Waals surface area contributed by atoms with Gasteiger partial charge in [0.25, 0.3) is 0 Å². The van der Waals surface area contributed by atoms with Crippen molar-refractivity contribution in [3.63, 3.8) is 0 Å². The third kappa shape index (κ3) is 1.79. The molecule has 0 saturated carbocycles. The summed E-state index contributed by atoms with van der Waals surface area (Å²) in [5, 5.41) is 0. The third-order valence-corrected chi connectivity index (χ3v) is 3.69. The Morgan fingerprint density at radius 2 is 1.88 bits per heavy atom. The fraction of sp³-hybridized carbons (Fsp3) is 0.533. The van der Waals surface area contributed by atoms with Gasteiger partial charge in [0.15, 0.2) is 0 Å². The molecule has 1 heteroatoms. The molecule has 0 amide bonds. The van der Waals surface area contributed by atoms with Crippen LogP contribution in [-0.2, 0) is 11.2 Å². The predicted octanol–water partition coefficient (Wildman–Crippen LogP) is 3.58. The van der Waals surface area contributed by atoms with E-state index < -0.39 is 0 Å². The fourth-order valence-electron chi connectivity index (χ4n) is 3.04. The summed E-state index contributed by atoms with van der Waals surface area (Å²) in [5.74, 6) is 0.884. The van der Waals surface area contributed by atoms with Crippen molar-refractivity contribution in [3.8, 4) is 0 Å². The lowest BCUT2D eigenvalue weighted by atomic mass is 9.72. The van der Waals surface area contributed by atoms with Gasteiger partial charge < -0.3 is 0 Å². The molecule has 16 heavy (non-hydrogen) atoms. The minimum atomic E-state index is 0.156. The molecular weight excluding hydrogens is 196 g/mol. The molecule has 1 aromatic rings. The Labute approximate surface area is 97.9 Å². The summed E-state index contributed by atoms with van der Waals surface area (Å²) in [5.41, 5.74) is 2.90. The minimum Gasteiger partial charge on any atom is -0.300 e. The average molecular weight is 216 g/mol. The van der Waals surface area contributed by atoms with Gasteiger partial charge >= 0.3 is 0 Å². The second-order valence-corrected chi connectivity index (χ2v) is 5.96. The molecule has 0 heterocycles. The monoisotopic (exact) mass is 216 g/mol. The van der Waals surface area contributed by atoms with Crippen molar-refractivity contribution in [1.82, 2.24) is 0 Å². The highest BCUT2D eigenvalue weighted by atomic mass is 16.1. The Kier molecular flexibility index (Phi) is 2.65. The summed E-state index contributed by atoms with van der Waals surface area (Å²) in [7, 11) is 0. The van der Waals surface area contributed by atoms with Crippen molar-refractivity contribution in [2.45, 2.75) is 40.0 Å². The molecule has 0 radical (unpaired) electrons. The van der Waals surface area contributed by atoms with E-state index in [9.17, 15) is 4.79 Å². The van der Waals surface area contributed by atoms with E-state index in [1.54, 1.807) is 6.92 Å². The summed E-state index contributed by atoms with van der Waals surface area (Å²) in [6, 6.07) is 8.51. The van der Waals surface area contributed by atoms with E-state index in [-0.39, 0.29) is 11.3 Å². The van der Waals surface area contributed by atoms with Crippen molar-refractivity contribution in [2.75, 3.05) is 0 Å². The first-order valence-electron chi connectivity index (χ1n) is 5.99. The highest BCUT2D eigenvalue weighted by molar-refractivity contribution is 5.81. The van der Waals surface area contributed by atoms with Gasteiger partial charge in [0.05, 0.1) is 0 Å². The zero-order chi connectivity index (χ0) is 11.9. The van der Waals surface area contributed by atoms with Crippen LogP contribution in [0.3, 0.4) is 0 Å². The lowest BCUT2D eigenvalue weighted by molar-refractivity contribution is -0.122. The van der Waals surface area contributed by atoms with E-state index in [1.165, 1.54) is 11.1 Å². The Balaban J connectivity index is 2.48. The van der Waals surface area contributed by atoms with Crippen molar-refractivity contribution in [1.29, 1.82) is 0 Å². The topological polar surface area (TPSA) is 17.1 Å². The number of rotatable bonds is 1. The molecule has 2 unspecified atom stereocenters. The summed E-state index contributed by atoms with van der Waals surface area (Å²) >= 11 is 0. The quantitative estimate of drug-likeness (QED) is 0.701. The lowest BCUT2D eigenvalue weighted by Gasteiger charge is -2.32. The average Bonchev–Trinajstić information content (AvgIpc) is 2.55. The molecule has 86 valence electrons. The highest BCUT2D eigenvalue weighted by Crippen LogP contribution is 2.48. The Hall–Kier alpha value is -1.11. The van der Waals surface area contributed by atoms with Crippen LogP contribution in [0.25, 0.3) is 0 Å². The largest absolute Gasteiger partial charge is 0.300 e. The van der Waals surface area contributed by atoms with Gasteiger partial charge in [0.2, 0.25) is 0 Å². The van der Waals surface area contributed by atoms with E-state index in [0.717, 1.165) is 6.42 Å². The molecule has 2 atom stereocenters. The van der Waals surface area contributed by atoms with Gasteiger partial charge in [-0.1, -0.05) is 45.0 Å². The molecule has 0 bridgehead atoms. The number of fused-ring (bicyclic) bond motifs is 1. The fourth-order valence-corrected chi connectivity index (χ4v) is 3.04. The van der Waals surface area contributed by atoms with E-state index in [1.807, 2.05) is 0 Å². The van der Waals surface area contributed by atoms with Crippen molar-refractivity contribution < 1.29 is 4.79 Å². The van der Waals surface area contributed by atoms with Crippen LogP contribution in [0.2, 0.25) is 0 Å². The maximum Gasteiger partial charge on any atom is 0.133 e. The molecule has 0 saturated heterocycles. The summed E-state index contributed by atoms with van der Waals surface area (Å²) < 4.78 is 0. The normalized spacial score (nSPS) is 24.2. The number of ketones is 1. The summed E-state index contributed by atoms with van der Waals surface area (Å²) in [6.07, 6.45) is 0.924. The number of Topliss-reactive ketones (excluding diaryl/α,β-unsaturated/α-hetero) is 1. The minimum absolute atomic E-state index is 0.156. The lowest BCUT2D eigenvalue weighted by Crippen LogP contribution is -2.27. The van der Waals surface area contributed by atoms with Gasteiger partial charge in [-0.2, -0.15) is 0 Å². The first-order chi connectivity index (χ1) is 7.41. The SMILES string of the molecule is CC(=O)C1Cc2ccccc2C1C(C)(C)C. The Morgan fingerprint density at radius 1 is 1.25 bits per heavy atom. The second-order valence-electron chi connectivity index (χ2n) is 5.96. The zero-order valence-electron chi connectivity index (χ0n) is 10.6. The van der Waals surface area contributed by atoms with E-state index in [4.69, 9.17) is 0 Å². The maximum atomic E-state index is 11.8. The second kappa shape index (κ2) is 3.73. The molecular formula is C15H20O. The molecule has 1 nitrogen and oxygen atoms in total. The standard InChI is InChI=1S/C15H20O/c1-10(16)13-9-11-7-5-6-8-12(11)14(13)15(2,3)4/h5-8,13-14H,9H2,1-4H3. The van der Waals surface area contributed by atoms with Gasteiger partial charge in [-0.05, 0) is 35.8 Å². The molecule has 0 spiro atoms. The van der Waals surface area contributed by atoms with Crippen LogP contribution < -0.4 is 0 Å². The van der Waals surface area contributed by atoms with Crippen molar-refractivity contribution in [2.24, 2.45) is 11.3 Å². The first kappa shape index (κ1) is 11.4. The predicted molar refractivity (Wildman–Crippen MR) is 66.5 cm³/mol. The number of benzene rings is 1. The van der Waals surface area contributed by atoms with Gasteiger partial charge in [0.1, 0.15) is 5.78 Å². The van der Waals surface area contributed by atoms with Crippen LogP contribution in [0.4, 0.5) is 0 Å². The van der Waals surface area contributed by atoms with Gasteiger partial charge in [0, 0.05) is 5.92 Å². The van der Waals surface area contributed by atoms with Crippen LogP contribution >= 0.6 is 0 Å². The van der Waals surface area contributed by atoms with Gasteiger partial charge in [-0.3, -0.25) is 4.79 Å². The van der Waals surface area contributed by atoms with Crippen LogP contribution in [0, 0.1) is 11.3 Å². The van der Waals surface area contributed by atoms with Crippen LogP contribution in [0.1, 0.15) is 44.7 Å². The number of hydrogen-bond donors (Lipinski definition) is 0. The summed E-state index contributed by atoms with van der Waals surface area (Å²) in [6.45, 7) is 8.43. The molecule has 1 aromatic carbocycles. The third-order valence-electron chi connectivity index (χ3n) is 3.69. The van der Waals surface area contributed by atoms with Gasteiger partial charge in [-0.15, -0.1) is 0 Å². The van der Waals surface area contributed by atoms with Crippen molar-refractivity contribution in [3.05, 3.63) is 35.4 Å². The summed E-state index contributed by atoms with van der Waals surface area (Å²) in [4.78, 5) is 11.8. The van der Waals surface area contributed by atoms with Crippen molar-refractivity contribution >= 4 is 5.78 Å². The highest BCUT2D eigenvalue weighted by Gasteiger charge is 2.41. The zero-order valence-corrected chi connectivity index (χ0v) is 10.6.